The van der Waals surface area contributed by atoms with Crippen molar-refractivity contribution in [2.45, 2.75) is 33.8 Å². The molecule has 0 saturated heterocycles. The maximum absolute atomic E-state index is 9.97. The van der Waals surface area contributed by atoms with E-state index < -0.39 is 0 Å². The number of ether oxygens (including phenoxy) is 1. The van der Waals surface area contributed by atoms with Gasteiger partial charge in [0.05, 0.1) is 5.56 Å². The van der Waals surface area contributed by atoms with Crippen LogP contribution in [0.4, 0.5) is 0 Å². The number of benzene rings is 1. The first-order valence-electron chi connectivity index (χ1n) is 6.77. The standard InChI is InChI=1S/C15H19BrN2O3/c1-5-20-12(15(2,3)4)13-17-14(21-18-13)10-7-6-9(16)8-11(10)19/h6-8,12,19H,5H2,1-4H3. The number of rotatable bonds is 4. The van der Waals surface area contributed by atoms with Gasteiger partial charge in [-0.2, -0.15) is 4.98 Å². The van der Waals surface area contributed by atoms with Gasteiger partial charge in [-0.15, -0.1) is 0 Å². The van der Waals surface area contributed by atoms with Crippen LogP contribution in [-0.4, -0.2) is 21.9 Å². The van der Waals surface area contributed by atoms with Crippen molar-refractivity contribution < 1.29 is 14.4 Å². The monoisotopic (exact) mass is 354 g/mol. The van der Waals surface area contributed by atoms with Crippen molar-refractivity contribution in [1.29, 1.82) is 0 Å². The molecule has 1 aromatic carbocycles. The molecule has 5 nitrogen and oxygen atoms in total. The highest BCUT2D eigenvalue weighted by molar-refractivity contribution is 9.10. The molecule has 21 heavy (non-hydrogen) atoms. The lowest BCUT2D eigenvalue weighted by Crippen LogP contribution is -2.22. The summed E-state index contributed by atoms with van der Waals surface area (Å²) in [5, 5.41) is 14.0. The predicted molar refractivity (Wildman–Crippen MR) is 82.9 cm³/mol. The molecule has 0 aliphatic heterocycles. The minimum absolute atomic E-state index is 0.0864. The zero-order valence-electron chi connectivity index (χ0n) is 12.6. The van der Waals surface area contributed by atoms with Crippen LogP contribution in [0.1, 0.15) is 39.6 Å². The fraction of sp³-hybridized carbons (Fsp3) is 0.467. The van der Waals surface area contributed by atoms with E-state index in [2.05, 4.69) is 46.8 Å². The summed E-state index contributed by atoms with van der Waals surface area (Å²) >= 11 is 3.30. The zero-order chi connectivity index (χ0) is 15.6. The molecule has 1 N–H and O–H groups in total. The maximum Gasteiger partial charge on any atom is 0.261 e. The number of hydrogen-bond donors (Lipinski definition) is 1. The third-order valence-corrected chi connectivity index (χ3v) is 3.48. The fourth-order valence-corrected chi connectivity index (χ4v) is 2.36. The normalized spacial score (nSPS) is 13.4. The van der Waals surface area contributed by atoms with Gasteiger partial charge in [-0.3, -0.25) is 0 Å². The van der Waals surface area contributed by atoms with Crippen molar-refractivity contribution in [2.24, 2.45) is 5.41 Å². The third kappa shape index (κ3) is 3.63. The lowest BCUT2D eigenvalue weighted by atomic mass is 9.88. The molecule has 1 heterocycles. The maximum atomic E-state index is 9.97. The highest BCUT2D eigenvalue weighted by Gasteiger charge is 2.31. The Hall–Kier alpha value is -1.40. The van der Waals surface area contributed by atoms with Crippen LogP contribution in [0.3, 0.4) is 0 Å². The summed E-state index contributed by atoms with van der Waals surface area (Å²) in [5.41, 5.74) is 0.347. The first-order valence-corrected chi connectivity index (χ1v) is 7.56. The molecule has 2 rings (SSSR count). The zero-order valence-corrected chi connectivity index (χ0v) is 14.1. The molecule has 1 unspecified atom stereocenters. The summed E-state index contributed by atoms with van der Waals surface area (Å²) in [6.45, 7) is 8.66. The van der Waals surface area contributed by atoms with Crippen molar-refractivity contribution >= 4 is 15.9 Å². The van der Waals surface area contributed by atoms with Gasteiger partial charge >= 0.3 is 0 Å². The topological polar surface area (TPSA) is 68.4 Å². The van der Waals surface area contributed by atoms with E-state index in [0.29, 0.717) is 18.0 Å². The molecule has 0 spiro atoms. The SMILES string of the molecule is CCOC(c1noc(-c2ccc(Br)cc2O)n1)C(C)(C)C. The van der Waals surface area contributed by atoms with Crippen LogP contribution in [0, 0.1) is 5.41 Å². The molecule has 0 saturated carbocycles. The number of aromatic hydroxyl groups is 1. The lowest BCUT2D eigenvalue weighted by molar-refractivity contribution is -0.0203. The van der Waals surface area contributed by atoms with Crippen molar-refractivity contribution in [3.05, 3.63) is 28.5 Å². The van der Waals surface area contributed by atoms with Crippen LogP contribution in [0.2, 0.25) is 0 Å². The predicted octanol–water partition coefficient (Wildman–Crippen LogP) is 4.33. The van der Waals surface area contributed by atoms with Crippen molar-refractivity contribution in [1.82, 2.24) is 10.1 Å². The molecule has 114 valence electrons. The van der Waals surface area contributed by atoms with Crippen molar-refractivity contribution in [3.8, 4) is 17.2 Å². The number of aromatic nitrogens is 2. The molecule has 2 aromatic rings. The Morgan fingerprint density at radius 3 is 2.67 bits per heavy atom. The van der Waals surface area contributed by atoms with Gasteiger partial charge in [0, 0.05) is 11.1 Å². The van der Waals surface area contributed by atoms with E-state index in [1.54, 1.807) is 12.1 Å². The summed E-state index contributed by atoms with van der Waals surface area (Å²) < 4.78 is 11.8. The van der Waals surface area contributed by atoms with Crippen LogP contribution in [0.25, 0.3) is 11.5 Å². The second-order valence-corrected chi connectivity index (χ2v) is 6.74. The molecule has 0 aliphatic carbocycles. The Balaban J connectivity index is 2.36. The van der Waals surface area contributed by atoms with Crippen LogP contribution >= 0.6 is 15.9 Å². The largest absolute Gasteiger partial charge is 0.507 e. The number of phenols is 1. The molecule has 1 atom stereocenters. The quantitative estimate of drug-likeness (QED) is 0.884. The number of nitrogens with zero attached hydrogens (tertiary/aromatic N) is 2. The second-order valence-electron chi connectivity index (χ2n) is 5.82. The Bertz CT molecular complexity index is 620. The van der Waals surface area contributed by atoms with Crippen LogP contribution in [0.15, 0.2) is 27.2 Å². The first-order chi connectivity index (χ1) is 9.82. The first kappa shape index (κ1) is 16.0. The number of halogens is 1. The van der Waals surface area contributed by atoms with Gasteiger partial charge in [0.2, 0.25) is 5.82 Å². The van der Waals surface area contributed by atoms with Crippen molar-refractivity contribution in [3.63, 3.8) is 0 Å². The van der Waals surface area contributed by atoms with Crippen LogP contribution in [-0.2, 0) is 4.74 Å². The van der Waals surface area contributed by atoms with Gasteiger partial charge in [0.25, 0.3) is 5.89 Å². The Morgan fingerprint density at radius 1 is 1.38 bits per heavy atom. The summed E-state index contributed by atoms with van der Waals surface area (Å²) in [5.74, 6) is 0.855. The molecule has 1 aromatic heterocycles. The van der Waals surface area contributed by atoms with Crippen LogP contribution < -0.4 is 0 Å². The summed E-state index contributed by atoms with van der Waals surface area (Å²) in [7, 11) is 0. The Kier molecular flexibility index (Phi) is 4.68. The molecule has 6 heteroatoms. The smallest absolute Gasteiger partial charge is 0.261 e. The summed E-state index contributed by atoms with van der Waals surface area (Å²) in [6, 6.07) is 5.12. The van der Waals surface area contributed by atoms with E-state index in [0.717, 1.165) is 4.47 Å². The highest BCUT2D eigenvalue weighted by Crippen LogP contribution is 2.36. The molecular weight excluding hydrogens is 336 g/mol. The van der Waals surface area contributed by atoms with Gasteiger partial charge in [-0.05, 0) is 30.5 Å². The molecule has 0 amide bonds. The van der Waals surface area contributed by atoms with Gasteiger partial charge in [0.1, 0.15) is 11.9 Å². The number of hydrogen-bond acceptors (Lipinski definition) is 5. The lowest BCUT2D eigenvalue weighted by Gasteiger charge is -2.27. The van der Waals surface area contributed by atoms with E-state index in [9.17, 15) is 5.11 Å². The Labute approximate surface area is 132 Å². The minimum Gasteiger partial charge on any atom is -0.507 e. The summed E-state index contributed by atoms with van der Waals surface area (Å²) in [4.78, 5) is 4.38. The summed E-state index contributed by atoms with van der Waals surface area (Å²) in [6.07, 6.45) is -0.266. The highest BCUT2D eigenvalue weighted by atomic mass is 79.9. The van der Waals surface area contributed by atoms with Gasteiger partial charge in [0.15, 0.2) is 0 Å². The Morgan fingerprint density at radius 2 is 2.10 bits per heavy atom. The van der Waals surface area contributed by atoms with E-state index in [4.69, 9.17) is 9.26 Å². The minimum atomic E-state index is -0.266. The average molecular weight is 355 g/mol. The van der Waals surface area contributed by atoms with E-state index in [-0.39, 0.29) is 23.2 Å². The van der Waals surface area contributed by atoms with Crippen molar-refractivity contribution in [2.75, 3.05) is 6.61 Å². The molecule has 0 bridgehead atoms. The van der Waals surface area contributed by atoms with E-state index in [1.165, 1.54) is 0 Å². The van der Waals surface area contributed by atoms with Gasteiger partial charge in [-0.25, -0.2) is 0 Å². The molecular formula is C15H19BrN2O3. The fourth-order valence-electron chi connectivity index (χ4n) is 2.01. The number of phenolic OH excluding ortho intramolecular Hbond substituents is 1. The van der Waals surface area contributed by atoms with Crippen LogP contribution in [0.5, 0.6) is 5.75 Å². The van der Waals surface area contributed by atoms with Gasteiger partial charge in [-0.1, -0.05) is 41.9 Å². The second kappa shape index (κ2) is 6.15. The average Bonchev–Trinajstić information content (AvgIpc) is 2.83. The van der Waals surface area contributed by atoms with E-state index >= 15 is 0 Å². The third-order valence-electron chi connectivity index (χ3n) is 2.99. The van der Waals surface area contributed by atoms with E-state index in [1.807, 2.05) is 13.0 Å². The molecule has 0 aliphatic rings. The molecule has 0 fully saturated rings. The van der Waals surface area contributed by atoms with Gasteiger partial charge < -0.3 is 14.4 Å². The molecule has 0 radical (unpaired) electrons.